The number of carbonyl (C=O) groups excluding carboxylic acids is 2. The Kier molecular flexibility index (Phi) is 4.62. The largest absolute Gasteiger partial charge is 0.329 e. The van der Waals surface area contributed by atoms with E-state index in [1.165, 1.54) is 0 Å². The summed E-state index contributed by atoms with van der Waals surface area (Å²) in [5, 5.41) is 4.36. The van der Waals surface area contributed by atoms with Crippen LogP contribution in [0.5, 0.6) is 0 Å². The molecule has 124 valence electrons. The van der Waals surface area contributed by atoms with E-state index in [0.717, 1.165) is 46.5 Å². The molecule has 0 bridgehead atoms. The predicted molar refractivity (Wildman–Crippen MR) is 94.5 cm³/mol. The molecule has 24 heavy (non-hydrogen) atoms. The van der Waals surface area contributed by atoms with Gasteiger partial charge in [-0.25, -0.2) is 5.43 Å². The summed E-state index contributed by atoms with van der Waals surface area (Å²) in [5.74, 6) is 0.0406. The number of hydrogen-bond donors (Lipinski definition) is 2. The van der Waals surface area contributed by atoms with E-state index in [0.29, 0.717) is 13.0 Å². The van der Waals surface area contributed by atoms with Crippen LogP contribution in [-0.4, -0.2) is 23.9 Å². The average Bonchev–Trinajstić information content (AvgIpc) is 2.90. The molecule has 2 aromatic rings. The maximum absolute atomic E-state index is 12.5. The highest BCUT2D eigenvalue weighted by molar-refractivity contribution is 6.00. The molecule has 3 rings (SSSR count). The molecule has 5 nitrogen and oxygen atoms in total. The molecule has 0 spiro atoms. The third kappa shape index (κ3) is 3.03. The number of anilines is 1. The zero-order valence-corrected chi connectivity index (χ0v) is 13.9. The third-order valence-electron chi connectivity index (χ3n) is 4.18. The third-order valence-corrected chi connectivity index (χ3v) is 4.18. The molecular formula is C19H21N3O2. The summed E-state index contributed by atoms with van der Waals surface area (Å²) < 4.78 is 0. The van der Waals surface area contributed by atoms with E-state index in [1.807, 2.05) is 37.3 Å². The average molecular weight is 323 g/mol. The number of hydrogen-bond acceptors (Lipinski definition) is 3. The molecule has 0 saturated heterocycles. The molecule has 0 aromatic heterocycles. The van der Waals surface area contributed by atoms with E-state index in [1.54, 1.807) is 5.01 Å². The lowest BCUT2D eigenvalue weighted by molar-refractivity contribution is -0.105. The summed E-state index contributed by atoms with van der Waals surface area (Å²) >= 11 is 0. The van der Waals surface area contributed by atoms with Crippen molar-refractivity contribution in [3.05, 3.63) is 53.1 Å². The van der Waals surface area contributed by atoms with E-state index >= 15 is 0 Å². The molecule has 2 N–H and O–H groups in total. The Labute approximate surface area is 141 Å². The lowest BCUT2D eigenvalue weighted by Crippen LogP contribution is -2.38. The summed E-state index contributed by atoms with van der Waals surface area (Å²) in [5.41, 5.74) is 8.79. The molecule has 0 saturated carbocycles. The number of rotatable bonds is 6. The topological polar surface area (TPSA) is 61.4 Å². The van der Waals surface area contributed by atoms with Gasteiger partial charge in [0.15, 0.2) is 0 Å². The molecular weight excluding hydrogens is 302 g/mol. The number of aryl methyl sites for hydroxylation is 1. The number of fused-ring (bicyclic) bond motifs is 1. The molecule has 1 heterocycles. The van der Waals surface area contributed by atoms with Crippen molar-refractivity contribution in [3.63, 3.8) is 0 Å². The van der Waals surface area contributed by atoms with Crippen molar-refractivity contribution >= 4 is 18.0 Å². The predicted octanol–water partition coefficient (Wildman–Crippen LogP) is 3.10. The van der Waals surface area contributed by atoms with Crippen molar-refractivity contribution in [3.8, 4) is 11.1 Å². The van der Waals surface area contributed by atoms with Gasteiger partial charge >= 0.3 is 0 Å². The van der Waals surface area contributed by atoms with Crippen LogP contribution >= 0.6 is 0 Å². The van der Waals surface area contributed by atoms with Crippen LogP contribution in [0.1, 0.15) is 34.8 Å². The Morgan fingerprint density at radius 2 is 2.04 bits per heavy atom. The summed E-state index contributed by atoms with van der Waals surface area (Å²) in [7, 11) is 0. The normalized spacial score (nSPS) is 13.1. The minimum Gasteiger partial charge on any atom is -0.329 e. The second kappa shape index (κ2) is 6.84. The Hall–Kier alpha value is -2.66. The number of benzene rings is 2. The summed E-state index contributed by atoms with van der Waals surface area (Å²) in [6, 6.07) is 11.8. The summed E-state index contributed by atoms with van der Waals surface area (Å²) in [4.78, 5) is 23.2. The number of carbonyl (C=O) groups is 2. The number of hydrazine groups is 1. The van der Waals surface area contributed by atoms with Gasteiger partial charge in [-0.15, -0.1) is 0 Å². The number of amides is 2. The minimum absolute atomic E-state index is 0.0406. The van der Waals surface area contributed by atoms with Crippen molar-refractivity contribution in [2.45, 2.75) is 26.8 Å². The van der Waals surface area contributed by atoms with Gasteiger partial charge < -0.3 is 5.32 Å². The molecule has 1 aliphatic rings. The van der Waals surface area contributed by atoms with Crippen LogP contribution in [0.25, 0.3) is 11.1 Å². The van der Waals surface area contributed by atoms with Crippen LogP contribution in [-0.2, 0) is 11.3 Å². The Bertz CT molecular complexity index is 786. The lowest BCUT2D eigenvalue weighted by atomic mass is 9.96. The van der Waals surface area contributed by atoms with E-state index in [9.17, 15) is 9.59 Å². The van der Waals surface area contributed by atoms with Crippen LogP contribution in [0.2, 0.25) is 0 Å². The van der Waals surface area contributed by atoms with Gasteiger partial charge in [0.25, 0.3) is 5.91 Å². The lowest BCUT2D eigenvalue weighted by Gasteiger charge is -2.16. The van der Waals surface area contributed by atoms with Gasteiger partial charge in [0.1, 0.15) is 0 Å². The van der Waals surface area contributed by atoms with Gasteiger partial charge in [-0.1, -0.05) is 25.1 Å². The fraction of sp³-hybridized carbons (Fsp3) is 0.263. The van der Waals surface area contributed by atoms with Gasteiger partial charge in [-0.2, -0.15) is 0 Å². The smallest absolute Gasteiger partial charge is 0.268 e. The van der Waals surface area contributed by atoms with Crippen LogP contribution < -0.4 is 10.7 Å². The first-order valence-corrected chi connectivity index (χ1v) is 8.13. The summed E-state index contributed by atoms with van der Waals surface area (Å²) in [6.45, 7) is 5.40. The molecule has 2 aromatic carbocycles. The van der Waals surface area contributed by atoms with Crippen LogP contribution in [0.4, 0.5) is 5.69 Å². The minimum atomic E-state index is 0.0406. The molecule has 0 unspecified atom stereocenters. The molecule has 2 amide bonds. The first-order chi connectivity index (χ1) is 11.6. The first-order valence-electron chi connectivity index (χ1n) is 8.13. The Morgan fingerprint density at radius 3 is 2.79 bits per heavy atom. The fourth-order valence-electron chi connectivity index (χ4n) is 3.07. The molecule has 0 aliphatic carbocycles. The fourth-order valence-corrected chi connectivity index (χ4v) is 3.07. The maximum Gasteiger partial charge on any atom is 0.268 e. The molecule has 0 fully saturated rings. The van der Waals surface area contributed by atoms with Gasteiger partial charge in [0.05, 0.1) is 6.54 Å². The van der Waals surface area contributed by atoms with Crippen LogP contribution in [0.3, 0.4) is 0 Å². The van der Waals surface area contributed by atoms with Crippen molar-refractivity contribution < 1.29 is 9.59 Å². The van der Waals surface area contributed by atoms with E-state index in [2.05, 4.69) is 23.7 Å². The first kappa shape index (κ1) is 16.2. The van der Waals surface area contributed by atoms with Crippen molar-refractivity contribution in [2.75, 3.05) is 11.9 Å². The van der Waals surface area contributed by atoms with Gasteiger partial charge in [-0.05, 0) is 53.8 Å². The SMILES string of the molecule is CCCNN1Cc2cc(-c3cccc(NC=O)c3)cc(C)c2C1=O. The monoisotopic (exact) mass is 323 g/mol. The molecule has 0 radical (unpaired) electrons. The highest BCUT2D eigenvalue weighted by Gasteiger charge is 2.29. The standard InChI is InChI=1S/C19H21N3O2/c1-3-7-21-22-11-16-9-15(8-13(2)18(16)19(22)24)14-5-4-6-17(10-14)20-12-23/h4-6,8-10,12,21H,3,7,11H2,1-2H3,(H,20,23). The van der Waals surface area contributed by atoms with Crippen molar-refractivity contribution in [1.82, 2.24) is 10.4 Å². The number of nitrogens with one attached hydrogen (secondary N) is 2. The van der Waals surface area contributed by atoms with E-state index in [-0.39, 0.29) is 5.91 Å². The van der Waals surface area contributed by atoms with Crippen LogP contribution in [0.15, 0.2) is 36.4 Å². The molecule has 0 atom stereocenters. The van der Waals surface area contributed by atoms with E-state index < -0.39 is 0 Å². The second-order valence-electron chi connectivity index (χ2n) is 5.97. The summed E-state index contributed by atoms with van der Waals surface area (Å²) in [6.07, 6.45) is 1.64. The van der Waals surface area contributed by atoms with Gasteiger partial charge in [0.2, 0.25) is 6.41 Å². The van der Waals surface area contributed by atoms with Gasteiger partial charge in [0, 0.05) is 17.8 Å². The second-order valence-corrected chi connectivity index (χ2v) is 5.97. The Morgan fingerprint density at radius 1 is 1.21 bits per heavy atom. The highest BCUT2D eigenvalue weighted by Crippen LogP contribution is 2.31. The number of nitrogens with zero attached hydrogens (tertiary/aromatic N) is 1. The zero-order valence-electron chi connectivity index (χ0n) is 13.9. The Balaban J connectivity index is 1.95. The van der Waals surface area contributed by atoms with Crippen molar-refractivity contribution in [2.24, 2.45) is 0 Å². The quantitative estimate of drug-likeness (QED) is 0.803. The molecule has 5 heteroatoms. The van der Waals surface area contributed by atoms with E-state index in [4.69, 9.17) is 0 Å². The van der Waals surface area contributed by atoms with Crippen molar-refractivity contribution in [1.29, 1.82) is 0 Å². The van der Waals surface area contributed by atoms with Crippen LogP contribution in [0, 0.1) is 6.92 Å². The molecule has 1 aliphatic heterocycles. The highest BCUT2D eigenvalue weighted by atomic mass is 16.2. The van der Waals surface area contributed by atoms with Gasteiger partial charge in [-0.3, -0.25) is 14.6 Å². The zero-order chi connectivity index (χ0) is 17.1. The maximum atomic E-state index is 12.5.